The molecule has 0 bridgehead atoms. The standard InChI is InChI=1S/C3H3NOSe/c5-3-4-1-2-6-3/h1-2H,(H,4,5). The summed E-state index contributed by atoms with van der Waals surface area (Å²) in [6.07, 6.45) is 1.68. The number of aromatic nitrogens is 1. The molecule has 3 heteroatoms. The average Bonchev–Trinajstić information content (AvgIpc) is 1.86. The Morgan fingerprint density at radius 2 is 2.67 bits per heavy atom. The molecule has 32 valence electrons. The predicted octanol–water partition coefficient (Wildman–Crippen LogP) is -0.568. The molecule has 0 aliphatic rings. The van der Waals surface area contributed by atoms with Crippen LogP contribution in [0.25, 0.3) is 0 Å². The van der Waals surface area contributed by atoms with E-state index in [2.05, 4.69) is 4.98 Å². The Labute approximate surface area is 40.6 Å². The van der Waals surface area contributed by atoms with Gasteiger partial charge in [0.1, 0.15) is 0 Å². The van der Waals surface area contributed by atoms with E-state index in [0.717, 1.165) is 0 Å². The number of aromatic amines is 1. The molecule has 1 heterocycles. The zero-order valence-corrected chi connectivity index (χ0v) is 4.68. The predicted molar refractivity (Wildman–Crippen MR) is 24.0 cm³/mol. The first-order chi connectivity index (χ1) is 2.89. The minimum absolute atomic E-state index is 0.0972. The first-order valence-corrected chi connectivity index (χ1v) is 3.36. The van der Waals surface area contributed by atoms with Crippen LogP contribution >= 0.6 is 0 Å². The van der Waals surface area contributed by atoms with Crippen LogP contribution in [0, 0.1) is 0 Å². The molecule has 1 rings (SSSR count). The van der Waals surface area contributed by atoms with E-state index in [-0.39, 0.29) is 18.9 Å². The summed E-state index contributed by atoms with van der Waals surface area (Å²) in [5, 5.41) is 0. The van der Waals surface area contributed by atoms with Gasteiger partial charge >= 0.3 is 39.9 Å². The number of H-pyrrole nitrogens is 1. The van der Waals surface area contributed by atoms with Gasteiger partial charge in [0.05, 0.1) is 0 Å². The summed E-state index contributed by atoms with van der Waals surface area (Å²) in [6.45, 7) is 0. The number of rotatable bonds is 0. The maximum absolute atomic E-state index is 10.1. The maximum atomic E-state index is 10.1. The molecule has 0 spiro atoms. The molecule has 6 heavy (non-hydrogen) atoms. The quantitative estimate of drug-likeness (QED) is 0.491. The van der Waals surface area contributed by atoms with Crippen LogP contribution in [0.5, 0.6) is 0 Å². The zero-order chi connectivity index (χ0) is 4.41. The summed E-state index contributed by atoms with van der Waals surface area (Å²) < 4.78 is 0.155. The Balaban J connectivity index is 3.41. The third-order valence-electron chi connectivity index (χ3n) is 0.444. The molecular formula is C3H3NOSe. The van der Waals surface area contributed by atoms with Crippen LogP contribution in [0.15, 0.2) is 15.9 Å². The second kappa shape index (κ2) is 1.45. The number of nitrogens with one attached hydrogen (secondary N) is 1. The normalized spacial score (nSPS) is 8.67. The van der Waals surface area contributed by atoms with Crippen LogP contribution in [0.2, 0.25) is 0 Å². The van der Waals surface area contributed by atoms with Gasteiger partial charge < -0.3 is 0 Å². The fraction of sp³-hybridized carbons (Fsp3) is 0. The van der Waals surface area contributed by atoms with Crippen molar-refractivity contribution in [1.29, 1.82) is 0 Å². The van der Waals surface area contributed by atoms with Gasteiger partial charge in [0.25, 0.3) is 0 Å². The van der Waals surface area contributed by atoms with Crippen molar-refractivity contribution in [3.63, 3.8) is 0 Å². The van der Waals surface area contributed by atoms with E-state index in [1.54, 1.807) is 6.20 Å². The Bertz CT molecular complexity index is 149. The van der Waals surface area contributed by atoms with E-state index in [4.69, 9.17) is 0 Å². The van der Waals surface area contributed by atoms with Gasteiger partial charge in [-0.3, -0.25) is 0 Å². The molecule has 0 radical (unpaired) electrons. The van der Waals surface area contributed by atoms with Crippen molar-refractivity contribution >= 4 is 14.5 Å². The fourth-order valence-electron chi connectivity index (χ4n) is 0.232. The molecule has 2 nitrogen and oxygen atoms in total. The van der Waals surface area contributed by atoms with Crippen molar-refractivity contribution in [3.8, 4) is 0 Å². The SMILES string of the molecule is O=c1[nH]cc[se]1. The van der Waals surface area contributed by atoms with Crippen LogP contribution in [0.4, 0.5) is 0 Å². The summed E-state index contributed by atoms with van der Waals surface area (Å²) in [7, 11) is 0. The summed E-state index contributed by atoms with van der Waals surface area (Å²) >= 11 is 0.0972. The Morgan fingerprint density at radius 3 is 2.83 bits per heavy atom. The van der Waals surface area contributed by atoms with Crippen LogP contribution in [0.3, 0.4) is 0 Å². The van der Waals surface area contributed by atoms with E-state index in [1.165, 1.54) is 0 Å². The van der Waals surface area contributed by atoms with Gasteiger partial charge in [0.2, 0.25) is 0 Å². The molecule has 1 aromatic rings. The van der Waals surface area contributed by atoms with Crippen molar-refractivity contribution in [2.24, 2.45) is 0 Å². The van der Waals surface area contributed by atoms with Crippen LogP contribution in [0.1, 0.15) is 0 Å². The molecule has 0 atom stereocenters. The number of hydrogen-bond donors (Lipinski definition) is 1. The van der Waals surface area contributed by atoms with E-state index in [9.17, 15) is 4.79 Å². The monoisotopic (exact) mass is 149 g/mol. The van der Waals surface area contributed by atoms with Crippen LogP contribution in [-0.4, -0.2) is 19.5 Å². The third kappa shape index (κ3) is 0.614. The summed E-state index contributed by atoms with van der Waals surface area (Å²) in [6, 6.07) is 0. The molecule has 0 aliphatic heterocycles. The van der Waals surface area contributed by atoms with Crippen molar-refractivity contribution in [3.05, 3.63) is 20.4 Å². The Hall–Kier alpha value is -0.271. The van der Waals surface area contributed by atoms with E-state index < -0.39 is 0 Å². The minimum atomic E-state index is 0.0972. The molecule has 0 aliphatic carbocycles. The van der Waals surface area contributed by atoms with Crippen molar-refractivity contribution in [2.75, 3.05) is 0 Å². The van der Waals surface area contributed by atoms with Crippen molar-refractivity contribution < 1.29 is 0 Å². The molecule has 0 saturated carbocycles. The number of hydrogen-bond acceptors (Lipinski definition) is 1. The van der Waals surface area contributed by atoms with Crippen molar-refractivity contribution in [1.82, 2.24) is 4.98 Å². The summed E-state index contributed by atoms with van der Waals surface area (Å²) in [4.78, 5) is 14.5. The topological polar surface area (TPSA) is 32.9 Å². The van der Waals surface area contributed by atoms with Gasteiger partial charge in [-0.05, 0) is 0 Å². The first-order valence-electron chi connectivity index (χ1n) is 1.52. The molecule has 0 fully saturated rings. The van der Waals surface area contributed by atoms with Gasteiger partial charge in [0.15, 0.2) is 0 Å². The first kappa shape index (κ1) is 3.90. The van der Waals surface area contributed by atoms with Crippen molar-refractivity contribution in [2.45, 2.75) is 0 Å². The van der Waals surface area contributed by atoms with Gasteiger partial charge in [-0.25, -0.2) is 0 Å². The van der Waals surface area contributed by atoms with Gasteiger partial charge in [-0.1, -0.05) is 0 Å². The molecule has 0 saturated heterocycles. The summed E-state index contributed by atoms with van der Waals surface area (Å²) in [5.74, 6) is 0. The van der Waals surface area contributed by atoms with Crippen LogP contribution in [-0.2, 0) is 0 Å². The molecule has 1 aromatic heterocycles. The third-order valence-corrected chi connectivity index (χ3v) is 1.71. The van der Waals surface area contributed by atoms with Gasteiger partial charge in [-0.15, -0.1) is 0 Å². The molecule has 0 aromatic carbocycles. The summed E-state index contributed by atoms with van der Waals surface area (Å²) in [5.41, 5.74) is 0. The Morgan fingerprint density at radius 1 is 1.83 bits per heavy atom. The molecule has 0 amide bonds. The molecule has 1 N–H and O–H groups in total. The fourth-order valence-corrected chi connectivity index (χ4v) is 1.06. The van der Waals surface area contributed by atoms with Gasteiger partial charge in [-0.2, -0.15) is 0 Å². The average molecular weight is 148 g/mol. The van der Waals surface area contributed by atoms with E-state index in [0.29, 0.717) is 0 Å². The van der Waals surface area contributed by atoms with E-state index in [1.807, 2.05) is 4.94 Å². The second-order valence-corrected chi connectivity index (χ2v) is 2.70. The molecular weight excluding hydrogens is 145 g/mol. The van der Waals surface area contributed by atoms with Crippen LogP contribution < -0.4 is 4.43 Å². The Kier molecular flexibility index (Phi) is 0.945. The van der Waals surface area contributed by atoms with E-state index >= 15 is 0 Å². The zero-order valence-electron chi connectivity index (χ0n) is 2.97. The molecule has 0 unspecified atom stereocenters. The second-order valence-electron chi connectivity index (χ2n) is 0.852. The van der Waals surface area contributed by atoms with Gasteiger partial charge in [0, 0.05) is 0 Å².